The van der Waals surface area contributed by atoms with Gasteiger partial charge in [0.1, 0.15) is 18.7 Å². The van der Waals surface area contributed by atoms with Crippen molar-refractivity contribution < 1.29 is 4.74 Å². The summed E-state index contributed by atoms with van der Waals surface area (Å²) in [6, 6.07) is 8.08. The molecule has 0 amide bonds. The van der Waals surface area contributed by atoms with E-state index in [1.807, 2.05) is 23.9 Å². The van der Waals surface area contributed by atoms with Gasteiger partial charge in [0.15, 0.2) is 5.82 Å². The zero-order valence-corrected chi connectivity index (χ0v) is 12.3. The third-order valence-corrected chi connectivity index (χ3v) is 2.91. The monoisotopic (exact) mass is 274 g/mol. The van der Waals surface area contributed by atoms with Crippen molar-refractivity contribution in [1.29, 1.82) is 0 Å². The highest BCUT2D eigenvalue weighted by atomic mass is 16.5. The van der Waals surface area contributed by atoms with Crippen molar-refractivity contribution >= 4 is 0 Å². The number of hydrogen-bond donors (Lipinski definition) is 1. The van der Waals surface area contributed by atoms with Crippen molar-refractivity contribution in [3.63, 3.8) is 0 Å². The van der Waals surface area contributed by atoms with Crippen LogP contribution in [0.1, 0.15) is 25.2 Å². The molecule has 0 aliphatic carbocycles. The van der Waals surface area contributed by atoms with Gasteiger partial charge in [-0.3, -0.25) is 0 Å². The van der Waals surface area contributed by atoms with E-state index < -0.39 is 0 Å². The van der Waals surface area contributed by atoms with E-state index in [0.717, 1.165) is 24.7 Å². The fraction of sp³-hybridized carbons (Fsp3) is 0.467. The van der Waals surface area contributed by atoms with Gasteiger partial charge in [0.05, 0.1) is 0 Å². The average molecular weight is 274 g/mol. The molecule has 20 heavy (non-hydrogen) atoms. The highest BCUT2D eigenvalue weighted by Crippen LogP contribution is 2.14. The van der Waals surface area contributed by atoms with Gasteiger partial charge in [-0.05, 0) is 30.7 Å². The lowest BCUT2D eigenvalue weighted by atomic mass is 10.2. The Morgan fingerprint density at radius 2 is 2.00 bits per heavy atom. The van der Waals surface area contributed by atoms with Crippen LogP contribution >= 0.6 is 0 Å². The molecule has 5 heteroatoms. The van der Waals surface area contributed by atoms with Crippen LogP contribution < -0.4 is 10.1 Å². The van der Waals surface area contributed by atoms with Gasteiger partial charge >= 0.3 is 0 Å². The molecule has 0 radical (unpaired) electrons. The molecule has 2 aromatic rings. The molecule has 1 heterocycles. The Kier molecular flexibility index (Phi) is 5.12. The summed E-state index contributed by atoms with van der Waals surface area (Å²) < 4.78 is 7.66. The predicted octanol–water partition coefficient (Wildman–Crippen LogP) is 2.23. The van der Waals surface area contributed by atoms with Crippen LogP contribution in [0.5, 0.6) is 5.75 Å². The Morgan fingerprint density at radius 3 is 2.65 bits per heavy atom. The molecule has 108 valence electrons. The standard InChI is InChI=1S/C15H22N4O/c1-12(2)9-19-15(17-11-18-19)10-20-14-6-4-13(5-7-14)8-16-3/h4-7,11-12,16H,8-10H2,1-3H3. The third kappa shape index (κ3) is 4.06. The minimum Gasteiger partial charge on any atom is -0.486 e. The molecule has 0 aliphatic heterocycles. The summed E-state index contributed by atoms with van der Waals surface area (Å²) in [6.45, 7) is 6.49. The molecule has 1 N–H and O–H groups in total. The molecular formula is C15H22N4O. The summed E-state index contributed by atoms with van der Waals surface area (Å²) in [7, 11) is 1.94. The lowest BCUT2D eigenvalue weighted by Gasteiger charge is -2.10. The Morgan fingerprint density at radius 1 is 1.25 bits per heavy atom. The first-order valence-corrected chi connectivity index (χ1v) is 6.92. The van der Waals surface area contributed by atoms with Crippen molar-refractivity contribution in [3.05, 3.63) is 42.0 Å². The van der Waals surface area contributed by atoms with Crippen molar-refractivity contribution in [2.24, 2.45) is 5.92 Å². The first-order chi connectivity index (χ1) is 9.69. The van der Waals surface area contributed by atoms with Gasteiger partial charge in [0.2, 0.25) is 0 Å². The van der Waals surface area contributed by atoms with E-state index >= 15 is 0 Å². The molecule has 0 aliphatic rings. The van der Waals surface area contributed by atoms with E-state index in [1.54, 1.807) is 6.33 Å². The third-order valence-electron chi connectivity index (χ3n) is 2.91. The molecule has 5 nitrogen and oxygen atoms in total. The molecule has 1 aromatic carbocycles. The van der Waals surface area contributed by atoms with E-state index in [9.17, 15) is 0 Å². The lowest BCUT2D eigenvalue weighted by Crippen LogP contribution is -2.12. The fourth-order valence-corrected chi connectivity index (χ4v) is 1.95. The number of ether oxygens (including phenoxy) is 1. The second-order valence-electron chi connectivity index (χ2n) is 5.22. The highest BCUT2D eigenvalue weighted by Gasteiger charge is 2.07. The zero-order valence-electron chi connectivity index (χ0n) is 12.3. The maximum absolute atomic E-state index is 5.76. The SMILES string of the molecule is CNCc1ccc(OCc2ncnn2CC(C)C)cc1. The normalized spacial score (nSPS) is 11.0. The van der Waals surface area contributed by atoms with Crippen LogP contribution in [0.25, 0.3) is 0 Å². The van der Waals surface area contributed by atoms with E-state index in [2.05, 4.69) is 41.4 Å². The molecule has 0 unspecified atom stereocenters. The van der Waals surface area contributed by atoms with Crippen molar-refractivity contribution in [2.75, 3.05) is 7.05 Å². The lowest BCUT2D eigenvalue weighted by molar-refractivity contribution is 0.282. The summed E-state index contributed by atoms with van der Waals surface area (Å²) in [5, 5.41) is 7.35. The number of nitrogens with one attached hydrogen (secondary N) is 1. The molecular weight excluding hydrogens is 252 g/mol. The summed E-state index contributed by atoms with van der Waals surface area (Å²) >= 11 is 0. The Hall–Kier alpha value is -1.88. The Bertz CT molecular complexity index is 519. The van der Waals surface area contributed by atoms with Crippen molar-refractivity contribution in [2.45, 2.75) is 33.5 Å². The molecule has 0 bridgehead atoms. The largest absolute Gasteiger partial charge is 0.486 e. The van der Waals surface area contributed by atoms with Gasteiger partial charge in [-0.25, -0.2) is 9.67 Å². The zero-order chi connectivity index (χ0) is 14.4. The quantitative estimate of drug-likeness (QED) is 0.841. The van der Waals surface area contributed by atoms with Gasteiger partial charge in [-0.1, -0.05) is 26.0 Å². The number of benzene rings is 1. The van der Waals surface area contributed by atoms with Gasteiger partial charge in [0, 0.05) is 13.1 Å². The first-order valence-electron chi connectivity index (χ1n) is 6.92. The molecule has 0 atom stereocenters. The van der Waals surface area contributed by atoms with Gasteiger partial charge in [-0.2, -0.15) is 5.10 Å². The topological polar surface area (TPSA) is 52.0 Å². The summed E-state index contributed by atoms with van der Waals surface area (Å²) in [6.07, 6.45) is 1.58. The van der Waals surface area contributed by atoms with E-state index in [1.165, 1.54) is 5.56 Å². The maximum Gasteiger partial charge on any atom is 0.164 e. The van der Waals surface area contributed by atoms with Crippen LogP contribution in [-0.4, -0.2) is 21.8 Å². The van der Waals surface area contributed by atoms with E-state index in [0.29, 0.717) is 12.5 Å². The van der Waals surface area contributed by atoms with Gasteiger partial charge < -0.3 is 10.1 Å². The van der Waals surface area contributed by atoms with Crippen LogP contribution in [0, 0.1) is 5.92 Å². The summed E-state index contributed by atoms with van der Waals surface area (Å²) in [4.78, 5) is 4.25. The number of aromatic nitrogens is 3. The molecule has 0 fully saturated rings. The molecule has 2 rings (SSSR count). The maximum atomic E-state index is 5.76. The van der Waals surface area contributed by atoms with Crippen molar-refractivity contribution in [3.8, 4) is 5.75 Å². The molecule has 0 spiro atoms. The first kappa shape index (κ1) is 14.5. The molecule has 0 saturated carbocycles. The van der Waals surface area contributed by atoms with Gasteiger partial charge in [0.25, 0.3) is 0 Å². The van der Waals surface area contributed by atoms with Crippen molar-refractivity contribution in [1.82, 2.24) is 20.1 Å². The minimum atomic E-state index is 0.443. The van der Waals surface area contributed by atoms with Crippen LogP contribution in [0.3, 0.4) is 0 Å². The van der Waals surface area contributed by atoms with Crippen LogP contribution in [0.15, 0.2) is 30.6 Å². The van der Waals surface area contributed by atoms with Crippen LogP contribution in [0.2, 0.25) is 0 Å². The Labute approximate surface area is 120 Å². The minimum absolute atomic E-state index is 0.443. The van der Waals surface area contributed by atoms with Crippen LogP contribution in [-0.2, 0) is 19.7 Å². The second kappa shape index (κ2) is 7.05. The number of rotatable bonds is 7. The summed E-state index contributed by atoms with van der Waals surface area (Å²) in [5.41, 5.74) is 1.24. The molecule has 1 aromatic heterocycles. The average Bonchev–Trinajstić information content (AvgIpc) is 2.85. The van der Waals surface area contributed by atoms with E-state index in [4.69, 9.17) is 4.74 Å². The summed E-state index contributed by atoms with van der Waals surface area (Å²) in [5.74, 6) is 2.25. The van der Waals surface area contributed by atoms with Gasteiger partial charge in [-0.15, -0.1) is 0 Å². The predicted molar refractivity (Wildman–Crippen MR) is 78.4 cm³/mol. The highest BCUT2D eigenvalue weighted by molar-refractivity contribution is 5.27. The fourth-order valence-electron chi connectivity index (χ4n) is 1.95. The molecule has 0 saturated heterocycles. The Balaban J connectivity index is 1.93. The number of hydrogen-bond acceptors (Lipinski definition) is 4. The van der Waals surface area contributed by atoms with Crippen LogP contribution in [0.4, 0.5) is 0 Å². The van der Waals surface area contributed by atoms with E-state index in [-0.39, 0.29) is 0 Å². The second-order valence-corrected chi connectivity index (χ2v) is 5.22. The number of nitrogens with zero attached hydrogens (tertiary/aromatic N) is 3. The smallest absolute Gasteiger partial charge is 0.164 e.